The topological polar surface area (TPSA) is 43.4 Å². The molecule has 0 aliphatic carbocycles. The van der Waals surface area contributed by atoms with E-state index in [1.54, 1.807) is 12.1 Å². The summed E-state index contributed by atoms with van der Waals surface area (Å²) >= 11 is 19.7. The summed E-state index contributed by atoms with van der Waals surface area (Å²) in [5.74, 6) is -1.44. The molecule has 0 unspecified atom stereocenters. The maximum absolute atomic E-state index is 12.3. The SMILES string of the molecule is C/C=c1/c2cccc(Cl)c2c2c(Cl)cc3c4c(cc(Cl)c1c42)C(=O)OC3=O.CC. The molecule has 0 saturated carbocycles. The quantitative estimate of drug-likeness (QED) is 0.127. The molecule has 4 aromatic rings. The number of hydrogen-bond acceptors (Lipinski definition) is 3. The Balaban J connectivity index is 0.000000994. The molecule has 3 nitrogen and oxygen atoms in total. The molecule has 0 atom stereocenters. The van der Waals surface area contributed by atoms with Gasteiger partial charge >= 0.3 is 11.9 Å². The van der Waals surface area contributed by atoms with Gasteiger partial charge < -0.3 is 4.74 Å². The van der Waals surface area contributed by atoms with Crippen LogP contribution >= 0.6 is 34.8 Å². The highest BCUT2D eigenvalue weighted by Gasteiger charge is 2.31. The van der Waals surface area contributed by atoms with E-state index >= 15 is 0 Å². The number of esters is 2. The van der Waals surface area contributed by atoms with Gasteiger partial charge in [0.25, 0.3) is 0 Å². The molecule has 0 fully saturated rings. The summed E-state index contributed by atoms with van der Waals surface area (Å²) in [6.45, 7) is 5.90. The first-order valence-electron chi connectivity index (χ1n) is 9.15. The lowest BCUT2D eigenvalue weighted by Gasteiger charge is -2.21. The highest BCUT2D eigenvalue weighted by molar-refractivity contribution is 6.48. The van der Waals surface area contributed by atoms with Crippen LogP contribution < -0.4 is 5.22 Å². The van der Waals surface area contributed by atoms with Crippen molar-refractivity contribution >= 4 is 85.1 Å². The fraction of sp³-hybridized carbons (Fsp3) is 0.130. The minimum absolute atomic E-state index is 0.247. The maximum Gasteiger partial charge on any atom is 0.346 e. The molecule has 0 N–H and O–H groups in total. The first-order valence-corrected chi connectivity index (χ1v) is 10.3. The summed E-state index contributed by atoms with van der Waals surface area (Å²) in [6.07, 6.45) is 1.94. The van der Waals surface area contributed by atoms with Gasteiger partial charge in [0.2, 0.25) is 0 Å². The average Bonchev–Trinajstić information content (AvgIpc) is 2.71. The first-order chi connectivity index (χ1) is 13.9. The normalized spacial score (nSPS) is 13.8. The monoisotopic (exact) mass is 444 g/mol. The number of rotatable bonds is 0. The summed E-state index contributed by atoms with van der Waals surface area (Å²) in [4.78, 5) is 24.7. The smallest absolute Gasteiger partial charge is 0.346 e. The molecule has 0 saturated heterocycles. The van der Waals surface area contributed by atoms with Gasteiger partial charge in [-0.25, -0.2) is 9.59 Å². The van der Waals surface area contributed by atoms with Crippen molar-refractivity contribution in [3.63, 3.8) is 0 Å². The van der Waals surface area contributed by atoms with E-state index in [2.05, 4.69) is 0 Å². The molecule has 4 aromatic carbocycles. The second kappa shape index (κ2) is 7.17. The van der Waals surface area contributed by atoms with E-state index in [1.807, 2.05) is 39.0 Å². The van der Waals surface area contributed by atoms with Gasteiger partial charge in [-0.1, -0.05) is 66.9 Å². The Bertz CT molecular complexity index is 1400. The first kappa shape index (κ1) is 20.0. The van der Waals surface area contributed by atoms with Crippen molar-refractivity contribution in [2.45, 2.75) is 20.8 Å². The number of fused-ring (bicyclic) bond motifs is 2. The Hall–Kier alpha value is -2.33. The van der Waals surface area contributed by atoms with Gasteiger partial charge in [0, 0.05) is 42.0 Å². The van der Waals surface area contributed by atoms with Crippen molar-refractivity contribution in [2.24, 2.45) is 0 Å². The summed E-state index contributed by atoms with van der Waals surface area (Å²) in [7, 11) is 0. The number of carbonyl (C=O) groups is 2. The van der Waals surface area contributed by atoms with E-state index in [4.69, 9.17) is 39.5 Å². The molecule has 1 aliphatic rings. The lowest BCUT2D eigenvalue weighted by molar-refractivity contribution is 0.0391. The van der Waals surface area contributed by atoms with Gasteiger partial charge in [-0.3, -0.25) is 0 Å². The fourth-order valence-electron chi connectivity index (χ4n) is 4.03. The van der Waals surface area contributed by atoms with Gasteiger partial charge in [0.05, 0.1) is 11.1 Å². The molecule has 1 aliphatic heterocycles. The number of halogens is 3. The van der Waals surface area contributed by atoms with Gasteiger partial charge in [-0.15, -0.1) is 0 Å². The fourth-order valence-corrected chi connectivity index (χ4v) is 4.90. The Morgan fingerprint density at radius 1 is 0.759 bits per heavy atom. The number of cyclic esters (lactones) is 2. The third kappa shape index (κ3) is 2.65. The molecule has 0 aromatic heterocycles. The van der Waals surface area contributed by atoms with Crippen LogP contribution in [0.5, 0.6) is 0 Å². The van der Waals surface area contributed by atoms with Gasteiger partial charge in [0.1, 0.15) is 0 Å². The minimum atomic E-state index is -0.721. The predicted octanol–water partition coefficient (Wildman–Crippen LogP) is 6.96. The zero-order valence-corrected chi connectivity index (χ0v) is 18.1. The van der Waals surface area contributed by atoms with E-state index in [9.17, 15) is 9.59 Å². The summed E-state index contributed by atoms with van der Waals surface area (Å²) in [5, 5.41) is 6.34. The molecule has 29 heavy (non-hydrogen) atoms. The molecule has 0 radical (unpaired) electrons. The Morgan fingerprint density at radius 2 is 1.34 bits per heavy atom. The van der Waals surface area contributed by atoms with Crippen LogP contribution in [0, 0.1) is 0 Å². The summed E-state index contributed by atoms with van der Waals surface area (Å²) in [5.41, 5.74) is 0.495. The Morgan fingerprint density at radius 3 is 1.93 bits per heavy atom. The lowest BCUT2D eigenvalue weighted by atomic mass is 9.87. The van der Waals surface area contributed by atoms with Crippen molar-refractivity contribution < 1.29 is 14.3 Å². The Labute approximate surface area is 181 Å². The van der Waals surface area contributed by atoms with Crippen molar-refractivity contribution in [3.8, 4) is 0 Å². The molecular formula is C23H15Cl3O3. The molecule has 0 bridgehead atoms. The molecule has 1 heterocycles. The molecule has 0 amide bonds. The predicted molar refractivity (Wildman–Crippen MR) is 120 cm³/mol. The van der Waals surface area contributed by atoms with E-state index in [-0.39, 0.29) is 11.1 Å². The van der Waals surface area contributed by atoms with Gasteiger partial charge in [-0.05, 0) is 35.7 Å². The van der Waals surface area contributed by atoms with Crippen LogP contribution in [0.3, 0.4) is 0 Å². The van der Waals surface area contributed by atoms with Crippen LogP contribution in [-0.4, -0.2) is 11.9 Å². The van der Waals surface area contributed by atoms with Gasteiger partial charge in [0.15, 0.2) is 0 Å². The number of ether oxygens (including phenoxy) is 1. The standard InChI is InChI=1S/C21H9Cl3O3.C2H6/c1-2-8-9-4-3-5-12(22)17(9)18-14(24)7-11-15-10(20(25)27-21(11)26)6-13(23)16(8)19(15)18;1-2/h2-7H,1H3;1-2H3/b8-2-;. The average molecular weight is 446 g/mol. The largest absolute Gasteiger partial charge is 0.386 e. The van der Waals surface area contributed by atoms with Crippen molar-refractivity contribution in [3.05, 3.63) is 61.7 Å². The second-order valence-corrected chi connectivity index (χ2v) is 7.58. The number of carbonyl (C=O) groups excluding carboxylic acids is 2. The lowest BCUT2D eigenvalue weighted by Crippen LogP contribution is -2.21. The van der Waals surface area contributed by atoms with Crippen molar-refractivity contribution in [2.75, 3.05) is 0 Å². The summed E-state index contributed by atoms with van der Waals surface area (Å²) < 4.78 is 4.85. The van der Waals surface area contributed by atoms with Crippen molar-refractivity contribution in [1.29, 1.82) is 0 Å². The Kier molecular flexibility index (Phi) is 4.94. The number of benzene rings is 4. The van der Waals surface area contributed by atoms with Crippen LogP contribution in [0.1, 0.15) is 41.5 Å². The van der Waals surface area contributed by atoms with E-state index < -0.39 is 11.9 Å². The molecular weight excluding hydrogens is 431 g/mol. The van der Waals surface area contributed by atoms with Crippen molar-refractivity contribution in [1.82, 2.24) is 0 Å². The van der Waals surface area contributed by atoms with E-state index in [1.165, 1.54) is 6.07 Å². The number of hydrogen-bond donors (Lipinski definition) is 0. The van der Waals surface area contributed by atoms with E-state index in [0.717, 1.165) is 21.4 Å². The molecule has 146 valence electrons. The third-order valence-electron chi connectivity index (χ3n) is 5.05. The van der Waals surface area contributed by atoms with Crippen LogP contribution in [-0.2, 0) is 4.74 Å². The third-order valence-corrected chi connectivity index (χ3v) is 5.96. The maximum atomic E-state index is 12.3. The molecule has 0 spiro atoms. The zero-order valence-electron chi connectivity index (χ0n) is 15.8. The highest BCUT2D eigenvalue weighted by atomic mass is 35.5. The van der Waals surface area contributed by atoms with Crippen LogP contribution in [0.2, 0.25) is 15.1 Å². The van der Waals surface area contributed by atoms with Gasteiger partial charge in [-0.2, -0.15) is 0 Å². The van der Waals surface area contributed by atoms with Crippen LogP contribution in [0.25, 0.3) is 38.4 Å². The molecule has 6 heteroatoms. The molecule has 5 rings (SSSR count). The highest BCUT2D eigenvalue weighted by Crippen LogP contribution is 2.44. The summed E-state index contributed by atoms with van der Waals surface area (Å²) in [6, 6.07) is 8.68. The van der Waals surface area contributed by atoms with Crippen LogP contribution in [0.15, 0.2) is 30.3 Å². The minimum Gasteiger partial charge on any atom is -0.386 e. The second-order valence-electron chi connectivity index (χ2n) is 6.35. The van der Waals surface area contributed by atoms with Crippen LogP contribution in [0.4, 0.5) is 0 Å². The zero-order chi connectivity index (χ0) is 21.0. The van der Waals surface area contributed by atoms with E-state index in [0.29, 0.717) is 31.2 Å².